The molecule has 1 heterocycles. The maximum Gasteiger partial charge on any atom is 0.347 e. The first-order valence-corrected chi connectivity index (χ1v) is 13.7. The standard InChI is InChI=1S/C24H39NO5S/c1-3-5-6-7-8-9-10-11-12-23(24(26)29-4-2)30-22-15-13-21(14-16-22)25-17-19-31(27,28)20-18-25/h13-16,23H,3-12,17-20H2,1-2H3. The first-order chi connectivity index (χ1) is 14.9. The zero-order valence-corrected chi connectivity index (χ0v) is 20.0. The molecule has 1 unspecified atom stereocenters. The van der Waals surface area contributed by atoms with Crippen LogP contribution in [0.4, 0.5) is 5.69 Å². The van der Waals surface area contributed by atoms with Crippen molar-refractivity contribution in [1.82, 2.24) is 0 Å². The molecular weight excluding hydrogens is 414 g/mol. The fourth-order valence-corrected chi connectivity index (χ4v) is 5.00. The summed E-state index contributed by atoms with van der Waals surface area (Å²) in [6, 6.07) is 7.54. The minimum atomic E-state index is -2.90. The summed E-state index contributed by atoms with van der Waals surface area (Å²) in [5.74, 6) is 0.700. The van der Waals surface area contributed by atoms with E-state index in [9.17, 15) is 13.2 Å². The van der Waals surface area contributed by atoms with Crippen LogP contribution in [0.5, 0.6) is 5.75 Å². The molecule has 1 atom stereocenters. The van der Waals surface area contributed by atoms with E-state index in [1.165, 1.54) is 38.5 Å². The monoisotopic (exact) mass is 453 g/mol. The van der Waals surface area contributed by atoms with Gasteiger partial charge in [0.05, 0.1) is 18.1 Å². The highest BCUT2D eigenvalue weighted by Crippen LogP contribution is 2.23. The maximum atomic E-state index is 12.3. The van der Waals surface area contributed by atoms with Gasteiger partial charge >= 0.3 is 5.97 Å². The Kier molecular flexibility index (Phi) is 11.2. The SMILES string of the molecule is CCCCCCCCCCC(Oc1ccc(N2CCS(=O)(=O)CC2)cc1)C(=O)OCC. The molecule has 0 spiro atoms. The van der Waals surface area contributed by atoms with Crippen molar-refractivity contribution in [1.29, 1.82) is 0 Å². The van der Waals surface area contributed by atoms with E-state index in [2.05, 4.69) is 11.8 Å². The fourth-order valence-electron chi connectivity index (χ4n) is 3.79. The zero-order chi connectivity index (χ0) is 22.5. The molecule has 6 nitrogen and oxygen atoms in total. The first kappa shape index (κ1) is 25.5. The van der Waals surface area contributed by atoms with Gasteiger partial charge in [-0.15, -0.1) is 0 Å². The first-order valence-electron chi connectivity index (χ1n) is 11.8. The Labute approximate surface area is 188 Å². The lowest BCUT2D eigenvalue weighted by molar-refractivity contribution is -0.151. The number of esters is 1. The van der Waals surface area contributed by atoms with Crippen LogP contribution in [0.15, 0.2) is 24.3 Å². The summed E-state index contributed by atoms with van der Waals surface area (Å²) in [7, 11) is -2.90. The molecule has 1 saturated heterocycles. The number of sulfone groups is 1. The maximum absolute atomic E-state index is 12.3. The van der Waals surface area contributed by atoms with Gasteiger partial charge in [0, 0.05) is 18.8 Å². The number of carbonyl (C=O) groups is 1. The van der Waals surface area contributed by atoms with Gasteiger partial charge in [-0.05, 0) is 44.0 Å². The zero-order valence-electron chi connectivity index (χ0n) is 19.2. The highest BCUT2D eigenvalue weighted by atomic mass is 32.2. The number of anilines is 1. The van der Waals surface area contributed by atoms with Crippen molar-refractivity contribution in [3.63, 3.8) is 0 Å². The molecule has 0 N–H and O–H groups in total. The molecule has 1 aromatic rings. The molecule has 176 valence electrons. The van der Waals surface area contributed by atoms with Crippen LogP contribution in [0.2, 0.25) is 0 Å². The fraction of sp³-hybridized carbons (Fsp3) is 0.708. The molecule has 1 fully saturated rings. The normalized spacial score (nSPS) is 16.6. The molecule has 0 radical (unpaired) electrons. The highest BCUT2D eigenvalue weighted by Gasteiger charge is 2.23. The Balaban J connectivity index is 1.82. The second-order valence-corrected chi connectivity index (χ2v) is 10.6. The van der Waals surface area contributed by atoms with E-state index in [4.69, 9.17) is 9.47 Å². The lowest BCUT2D eigenvalue weighted by Crippen LogP contribution is -2.40. The van der Waals surface area contributed by atoms with Gasteiger partial charge in [-0.2, -0.15) is 0 Å². The summed E-state index contributed by atoms with van der Waals surface area (Å²) in [4.78, 5) is 14.4. The van der Waals surface area contributed by atoms with E-state index >= 15 is 0 Å². The molecule has 1 aliphatic heterocycles. The summed E-state index contributed by atoms with van der Waals surface area (Å²) in [5.41, 5.74) is 0.970. The number of rotatable bonds is 14. The van der Waals surface area contributed by atoms with E-state index in [1.807, 2.05) is 24.3 Å². The van der Waals surface area contributed by atoms with Crippen molar-refractivity contribution in [2.75, 3.05) is 36.1 Å². The molecular formula is C24H39NO5S. The van der Waals surface area contributed by atoms with Crippen LogP contribution < -0.4 is 9.64 Å². The Hall–Kier alpha value is -1.76. The van der Waals surface area contributed by atoms with Crippen molar-refractivity contribution in [2.45, 2.75) is 77.7 Å². The summed E-state index contributed by atoms with van der Waals surface area (Å²) in [5, 5.41) is 0. The van der Waals surface area contributed by atoms with Crippen LogP contribution in [-0.4, -0.2) is 51.7 Å². The number of unbranched alkanes of at least 4 members (excludes halogenated alkanes) is 7. The summed E-state index contributed by atoms with van der Waals surface area (Å²) >= 11 is 0. The van der Waals surface area contributed by atoms with Crippen molar-refractivity contribution < 1.29 is 22.7 Å². The average molecular weight is 454 g/mol. The predicted molar refractivity (Wildman–Crippen MR) is 126 cm³/mol. The summed E-state index contributed by atoms with van der Waals surface area (Å²) < 4.78 is 34.4. The third-order valence-corrected chi connectivity index (χ3v) is 7.30. The minimum absolute atomic E-state index is 0.189. The van der Waals surface area contributed by atoms with Crippen LogP contribution in [0, 0.1) is 0 Å². The van der Waals surface area contributed by atoms with Gasteiger partial charge in [0.2, 0.25) is 0 Å². The number of hydrogen-bond donors (Lipinski definition) is 0. The number of nitrogens with zero attached hydrogens (tertiary/aromatic N) is 1. The largest absolute Gasteiger partial charge is 0.479 e. The van der Waals surface area contributed by atoms with E-state index in [0.717, 1.165) is 18.5 Å². The van der Waals surface area contributed by atoms with E-state index in [-0.39, 0.29) is 17.5 Å². The van der Waals surface area contributed by atoms with Crippen LogP contribution in [0.25, 0.3) is 0 Å². The second kappa shape index (κ2) is 13.6. The lowest BCUT2D eigenvalue weighted by Gasteiger charge is -2.29. The average Bonchev–Trinajstić information content (AvgIpc) is 2.75. The van der Waals surface area contributed by atoms with Gasteiger partial charge in [-0.3, -0.25) is 0 Å². The Morgan fingerprint density at radius 1 is 0.935 bits per heavy atom. The second-order valence-electron chi connectivity index (χ2n) is 8.25. The third-order valence-electron chi connectivity index (χ3n) is 5.69. The summed E-state index contributed by atoms with van der Waals surface area (Å²) in [6.07, 6.45) is 9.73. The Morgan fingerprint density at radius 3 is 2.10 bits per heavy atom. The summed E-state index contributed by atoms with van der Waals surface area (Å²) in [6.45, 7) is 5.38. The molecule has 0 aliphatic carbocycles. The molecule has 1 aliphatic rings. The van der Waals surface area contributed by atoms with Crippen molar-refractivity contribution in [3.05, 3.63) is 24.3 Å². The third kappa shape index (κ3) is 9.50. The number of carbonyl (C=O) groups excluding carboxylic acids is 1. The van der Waals surface area contributed by atoms with E-state index < -0.39 is 15.9 Å². The number of benzene rings is 1. The van der Waals surface area contributed by atoms with E-state index in [0.29, 0.717) is 31.9 Å². The number of hydrogen-bond acceptors (Lipinski definition) is 6. The van der Waals surface area contributed by atoms with Crippen molar-refractivity contribution >= 4 is 21.5 Å². The van der Waals surface area contributed by atoms with Crippen molar-refractivity contribution in [3.8, 4) is 5.75 Å². The molecule has 7 heteroatoms. The van der Waals surface area contributed by atoms with Gasteiger partial charge in [0.1, 0.15) is 5.75 Å². The van der Waals surface area contributed by atoms with Gasteiger partial charge in [-0.25, -0.2) is 13.2 Å². The Bertz CT molecular complexity index is 734. The topological polar surface area (TPSA) is 72.9 Å². The molecule has 2 rings (SSSR count). The predicted octanol–water partition coefficient (Wildman–Crippen LogP) is 4.76. The smallest absolute Gasteiger partial charge is 0.347 e. The van der Waals surface area contributed by atoms with Crippen LogP contribution in [-0.2, 0) is 19.4 Å². The molecule has 31 heavy (non-hydrogen) atoms. The Morgan fingerprint density at radius 2 is 1.52 bits per heavy atom. The molecule has 1 aromatic carbocycles. The van der Waals surface area contributed by atoms with Crippen molar-refractivity contribution in [2.24, 2.45) is 0 Å². The van der Waals surface area contributed by atoms with Crippen LogP contribution >= 0.6 is 0 Å². The van der Waals surface area contributed by atoms with Gasteiger partial charge in [-0.1, -0.05) is 51.9 Å². The van der Waals surface area contributed by atoms with Crippen LogP contribution in [0.1, 0.15) is 71.6 Å². The molecule has 0 bridgehead atoms. The highest BCUT2D eigenvalue weighted by molar-refractivity contribution is 7.91. The van der Waals surface area contributed by atoms with Gasteiger partial charge in [0.15, 0.2) is 15.9 Å². The van der Waals surface area contributed by atoms with Gasteiger partial charge in [0.25, 0.3) is 0 Å². The minimum Gasteiger partial charge on any atom is -0.479 e. The van der Waals surface area contributed by atoms with E-state index in [1.54, 1.807) is 6.92 Å². The molecule has 0 saturated carbocycles. The molecule has 0 amide bonds. The quantitative estimate of drug-likeness (QED) is 0.299. The van der Waals surface area contributed by atoms with Crippen LogP contribution in [0.3, 0.4) is 0 Å². The molecule has 0 aromatic heterocycles. The lowest BCUT2D eigenvalue weighted by atomic mass is 10.1. The number of ether oxygens (including phenoxy) is 2. The van der Waals surface area contributed by atoms with Gasteiger partial charge < -0.3 is 14.4 Å².